The van der Waals surface area contributed by atoms with Crippen LogP contribution in [0.1, 0.15) is 60.3 Å². The summed E-state index contributed by atoms with van der Waals surface area (Å²) >= 11 is 0. The topological polar surface area (TPSA) is 15.3 Å². The van der Waals surface area contributed by atoms with E-state index in [0.29, 0.717) is 12.1 Å². The summed E-state index contributed by atoms with van der Waals surface area (Å²) in [5.41, 5.74) is 0. The van der Waals surface area contributed by atoms with Gasteiger partial charge >= 0.3 is 0 Å². The van der Waals surface area contributed by atoms with Gasteiger partial charge in [-0.2, -0.15) is 0 Å². The molecule has 0 aliphatic heterocycles. The highest BCUT2D eigenvalue weighted by Crippen LogP contribution is 2.02. The number of hydrogen-bond acceptors (Lipinski definition) is 2. The minimum Gasteiger partial charge on any atom is -0.313 e. The Morgan fingerprint density at radius 1 is 1.06 bits per heavy atom. The molecule has 1 N–H and O–H groups in total. The van der Waals surface area contributed by atoms with Gasteiger partial charge in [0.25, 0.3) is 0 Å². The average molecular weight is 228 g/mol. The number of hydrogen-bond donors (Lipinski definition) is 1. The number of rotatable bonds is 10. The molecule has 0 radical (unpaired) electrons. The maximum atomic E-state index is 3.62. The van der Waals surface area contributed by atoms with Crippen LogP contribution in [0.15, 0.2) is 0 Å². The lowest BCUT2D eigenvalue weighted by atomic mass is 10.1. The van der Waals surface area contributed by atoms with Crippen LogP contribution in [0.3, 0.4) is 0 Å². The van der Waals surface area contributed by atoms with Crippen molar-refractivity contribution in [3.05, 3.63) is 0 Å². The molecule has 0 saturated carbocycles. The zero-order valence-electron chi connectivity index (χ0n) is 12.1. The molecule has 0 heterocycles. The summed E-state index contributed by atoms with van der Waals surface area (Å²) in [5, 5.41) is 3.62. The molecule has 0 saturated heterocycles. The molecule has 0 spiro atoms. The van der Waals surface area contributed by atoms with Gasteiger partial charge in [-0.05, 0) is 33.7 Å². The summed E-state index contributed by atoms with van der Waals surface area (Å²) in [7, 11) is 0. The average Bonchev–Trinajstić information content (AvgIpc) is 2.24. The highest BCUT2D eigenvalue weighted by Gasteiger charge is 2.06. The molecular weight excluding hydrogens is 196 g/mol. The van der Waals surface area contributed by atoms with E-state index in [0.717, 1.165) is 13.1 Å². The lowest BCUT2D eigenvalue weighted by Gasteiger charge is -2.25. The first-order chi connectivity index (χ1) is 7.61. The summed E-state index contributed by atoms with van der Waals surface area (Å²) in [5.74, 6) is 0. The van der Waals surface area contributed by atoms with Gasteiger partial charge in [0.2, 0.25) is 0 Å². The van der Waals surface area contributed by atoms with E-state index in [1.807, 2.05) is 0 Å². The Morgan fingerprint density at radius 3 is 2.25 bits per heavy atom. The van der Waals surface area contributed by atoms with Crippen molar-refractivity contribution in [1.82, 2.24) is 10.2 Å². The van der Waals surface area contributed by atoms with Crippen LogP contribution in [-0.4, -0.2) is 36.6 Å². The third-order valence-corrected chi connectivity index (χ3v) is 3.27. The largest absolute Gasteiger partial charge is 0.313 e. The first-order valence-electron chi connectivity index (χ1n) is 7.09. The van der Waals surface area contributed by atoms with Crippen LogP contribution in [0, 0.1) is 0 Å². The van der Waals surface area contributed by atoms with E-state index < -0.39 is 0 Å². The summed E-state index contributed by atoms with van der Waals surface area (Å²) < 4.78 is 0. The van der Waals surface area contributed by atoms with Crippen LogP contribution in [0.4, 0.5) is 0 Å². The predicted molar refractivity (Wildman–Crippen MR) is 74.0 cm³/mol. The molecule has 2 nitrogen and oxygen atoms in total. The SMILES string of the molecule is CCCCCC(C)NCCN(CC)C(C)C. The maximum Gasteiger partial charge on any atom is 0.0110 e. The van der Waals surface area contributed by atoms with Crippen molar-refractivity contribution in [2.75, 3.05) is 19.6 Å². The van der Waals surface area contributed by atoms with E-state index >= 15 is 0 Å². The summed E-state index contributed by atoms with van der Waals surface area (Å²) in [6.07, 6.45) is 5.39. The quantitative estimate of drug-likeness (QED) is 0.577. The zero-order chi connectivity index (χ0) is 12.4. The van der Waals surface area contributed by atoms with E-state index in [1.54, 1.807) is 0 Å². The molecule has 16 heavy (non-hydrogen) atoms. The van der Waals surface area contributed by atoms with Gasteiger partial charge in [-0.25, -0.2) is 0 Å². The zero-order valence-corrected chi connectivity index (χ0v) is 12.1. The van der Waals surface area contributed by atoms with E-state index in [9.17, 15) is 0 Å². The van der Waals surface area contributed by atoms with Gasteiger partial charge < -0.3 is 5.32 Å². The fraction of sp³-hybridized carbons (Fsp3) is 1.00. The van der Waals surface area contributed by atoms with Crippen molar-refractivity contribution in [3.8, 4) is 0 Å². The van der Waals surface area contributed by atoms with Gasteiger partial charge in [-0.15, -0.1) is 0 Å². The van der Waals surface area contributed by atoms with Crippen molar-refractivity contribution in [1.29, 1.82) is 0 Å². The third-order valence-electron chi connectivity index (χ3n) is 3.27. The van der Waals surface area contributed by atoms with E-state index in [-0.39, 0.29) is 0 Å². The van der Waals surface area contributed by atoms with Gasteiger partial charge in [0.1, 0.15) is 0 Å². The molecule has 0 aromatic rings. The molecule has 0 aromatic heterocycles. The molecule has 0 bridgehead atoms. The Labute approximate surface area is 103 Å². The van der Waals surface area contributed by atoms with Crippen molar-refractivity contribution >= 4 is 0 Å². The Hall–Kier alpha value is -0.0800. The molecule has 0 rings (SSSR count). The van der Waals surface area contributed by atoms with Gasteiger partial charge in [0.15, 0.2) is 0 Å². The number of likely N-dealkylation sites (N-methyl/N-ethyl adjacent to an activating group) is 1. The third kappa shape index (κ3) is 8.12. The Kier molecular flexibility index (Phi) is 10.0. The van der Waals surface area contributed by atoms with Crippen LogP contribution in [0.2, 0.25) is 0 Å². The number of nitrogens with zero attached hydrogens (tertiary/aromatic N) is 1. The second-order valence-electron chi connectivity index (χ2n) is 5.07. The van der Waals surface area contributed by atoms with Crippen LogP contribution in [0.25, 0.3) is 0 Å². The second-order valence-corrected chi connectivity index (χ2v) is 5.07. The Bertz CT molecular complexity index is 146. The monoisotopic (exact) mass is 228 g/mol. The molecule has 0 amide bonds. The maximum absolute atomic E-state index is 3.62. The molecule has 0 aliphatic carbocycles. The smallest absolute Gasteiger partial charge is 0.0110 e. The van der Waals surface area contributed by atoms with Crippen LogP contribution in [0.5, 0.6) is 0 Å². The van der Waals surface area contributed by atoms with Crippen molar-refractivity contribution in [2.45, 2.75) is 72.4 Å². The molecule has 1 atom stereocenters. The normalized spacial score (nSPS) is 13.7. The highest BCUT2D eigenvalue weighted by atomic mass is 15.2. The van der Waals surface area contributed by atoms with Gasteiger partial charge in [-0.3, -0.25) is 4.90 Å². The minimum atomic E-state index is 0.669. The summed E-state index contributed by atoms with van der Waals surface area (Å²) in [6, 6.07) is 1.35. The fourth-order valence-electron chi connectivity index (χ4n) is 2.04. The highest BCUT2D eigenvalue weighted by molar-refractivity contribution is 4.65. The second kappa shape index (κ2) is 10.1. The molecule has 0 aromatic carbocycles. The first-order valence-corrected chi connectivity index (χ1v) is 7.09. The van der Waals surface area contributed by atoms with E-state index in [1.165, 1.54) is 32.2 Å². The van der Waals surface area contributed by atoms with Crippen LogP contribution < -0.4 is 5.32 Å². The molecule has 0 aliphatic rings. The summed E-state index contributed by atoms with van der Waals surface area (Å²) in [6.45, 7) is 14.8. The van der Waals surface area contributed by atoms with Crippen molar-refractivity contribution < 1.29 is 0 Å². The lowest BCUT2D eigenvalue weighted by molar-refractivity contribution is 0.230. The Balaban J connectivity index is 3.48. The van der Waals surface area contributed by atoms with E-state index in [2.05, 4.69) is 44.8 Å². The lowest BCUT2D eigenvalue weighted by Crippen LogP contribution is -2.39. The standard InChI is InChI=1S/C14H32N2/c1-6-8-9-10-14(5)15-11-12-16(7-2)13(3)4/h13-15H,6-12H2,1-5H3. The van der Waals surface area contributed by atoms with Crippen LogP contribution in [-0.2, 0) is 0 Å². The number of nitrogens with one attached hydrogen (secondary N) is 1. The van der Waals surface area contributed by atoms with Gasteiger partial charge in [-0.1, -0.05) is 33.1 Å². The first kappa shape index (κ1) is 15.9. The molecule has 2 heteroatoms. The van der Waals surface area contributed by atoms with Gasteiger partial charge in [0, 0.05) is 25.2 Å². The Morgan fingerprint density at radius 2 is 1.75 bits per heavy atom. The fourth-order valence-corrected chi connectivity index (χ4v) is 2.04. The minimum absolute atomic E-state index is 0.669. The number of unbranched alkanes of at least 4 members (excludes halogenated alkanes) is 2. The van der Waals surface area contributed by atoms with Crippen LogP contribution >= 0.6 is 0 Å². The summed E-state index contributed by atoms with van der Waals surface area (Å²) in [4.78, 5) is 2.51. The van der Waals surface area contributed by atoms with Crippen molar-refractivity contribution in [2.24, 2.45) is 0 Å². The van der Waals surface area contributed by atoms with Crippen molar-refractivity contribution in [3.63, 3.8) is 0 Å². The molecule has 98 valence electrons. The molecule has 0 fully saturated rings. The molecule has 1 unspecified atom stereocenters. The molecular formula is C14H32N2. The van der Waals surface area contributed by atoms with Gasteiger partial charge in [0.05, 0.1) is 0 Å². The predicted octanol–water partition coefficient (Wildman–Crippen LogP) is 3.28. The van der Waals surface area contributed by atoms with E-state index in [4.69, 9.17) is 0 Å².